The van der Waals surface area contributed by atoms with Crippen LogP contribution in [0.1, 0.15) is 33.4 Å². The third kappa shape index (κ3) is 4.16. The monoisotopic (exact) mass is 404 g/mol. The van der Waals surface area contributed by atoms with Crippen LogP contribution in [0.15, 0.2) is 41.6 Å². The Balaban J connectivity index is 1.30. The average molecular weight is 405 g/mol. The highest BCUT2D eigenvalue weighted by Gasteiger charge is 2.25. The highest BCUT2D eigenvalue weighted by atomic mass is 35.5. The number of thiophene rings is 1. The average Bonchev–Trinajstić information content (AvgIpc) is 3.41. The maximum Gasteiger partial charge on any atom is 0.261 e. The summed E-state index contributed by atoms with van der Waals surface area (Å²) in [5.41, 5.74) is 3.21. The summed E-state index contributed by atoms with van der Waals surface area (Å²) in [6.07, 6.45) is 0.795. The van der Waals surface area contributed by atoms with E-state index in [1.807, 2.05) is 0 Å². The summed E-state index contributed by atoms with van der Waals surface area (Å²) in [4.78, 5) is 20.5. The van der Waals surface area contributed by atoms with Gasteiger partial charge < -0.3 is 10.2 Å². The van der Waals surface area contributed by atoms with Gasteiger partial charge in [-0.1, -0.05) is 41.0 Å². The number of carbonyl (C=O) groups excluding carboxylic acids is 1. The van der Waals surface area contributed by atoms with Crippen LogP contribution in [-0.4, -0.2) is 49.3 Å². The molecule has 27 heavy (non-hydrogen) atoms. The second-order valence-electron chi connectivity index (χ2n) is 6.74. The number of nitrogens with one attached hydrogen (secondary N) is 2. The summed E-state index contributed by atoms with van der Waals surface area (Å²) in [7, 11) is 2.12. The van der Waals surface area contributed by atoms with Crippen molar-refractivity contribution in [3.8, 4) is 0 Å². The molecule has 8 heteroatoms. The molecule has 0 spiro atoms. The van der Waals surface area contributed by atoms with E-state index in [2.05, 4.69) is 52.0 Å². The zero-order valence-electron chi connectivity index (χ0n) is 14.9. The van der Waals surface area contributed by atoms with Crippen molar-refractivity contribution in [1.82, 2.24) is 15.5 Å². The van der Waals surface area contributed by atoms with E-state index < -0.39 is 0 Å². The van der Waals surface area contributed by atoms with Crippen molar-refractivity contribution in [2.45, 2.75) is 18.7 Å². The first-order valence-electron chi connectivity index (χ1n) is 8.90. The molecule has 0 bridgehead atoms. The largest absolute Gasteiger partial charge is 0.390 e. The van der Waals surface area contributed by atoms with Crippen molar-refractivity contribution in [3.63, 3.8) is 0 Å². The molecule has 2 aliphatic rings. The van der Waals surface area contributed by atoms with E-state index in [0.717, 1.165) is 24.4 Å². The molecule has 1 saturated heterocycles. The molecular formula is C19H21ClN4O2S. The molecule has 2 aromatic rings. The fourth-order valence-corrected chi connectivity index (χ4v) is 4.29. The van der Waals surface area contributed by atoms with Gasteiger partial charge in [-0.3, -0.25) is 15.0 Å². The van der Waals surface area contributed by atoms with Gasteiger partial charge in [0.2, 0.25) is 0 Å². The van der Waals surface area contributed by atoms with E-state index in [4.69, 9.17) is 16.4 Å². The van der Waals surface area contributed by atoms with Crippen molar-refractivity contribution >= 4 is 34.6 Å². The number of amides is 1. The lowest BCUT2D eigenvalue weighted by Gasteiger charge is -2.19. The minimum absolute atomic E-state index is 0.138. The van der Waals surface area contributed by atoms with Crippen LogP contribution in [-0.2, 0) is 4.84 Å². The fourth-order valence-electron chi connectivity index (χ4n) is 3.33. The van der Waals surface area contributed by atoms with Gasteiger partial charge >= 0.3 is 0 Å². The number of oxime groups is 1. The summed E-state index contributed by atoms with van der Waals surface area (Å²) in [5.74, 6) is -0.138. The Morgan fingerprint density at radius 3 is 2.85 bits per heavy atom. The van der Waals surface area contributed by atoms with Gasteiger partial charge in [-0.15, -0.1) is 11.3 Å². The SMILES string of the molecule is CN1CCNC1c1ccc(C2=NOC(CNC(=O)c3ccc(Cl)s3)C2)cc1. The van der Waals surface area contributed by atoms with Crippen LogP contribution in [0.3, 0.4) is 0 Å². The highest BCUT2D eigenvalue weighted by Crippen LogP contribution is 2.23. The normalized spacial score (nSPS) is 22.5. The fraction of sp³-hybridized carbons (Fsp3) is 0.368. The first-order valence-corrected chi connectivity index (χ1v) is 10.1. The maximum atomic E-state index is 12.1. The Labute approximate surface area is 167 Å². The van der Waals surface area contributed by atoms with Crippen molar-refractivity contribution in [2.24, 2.45) is 5.16 Å². The second kappa shape index (κ2) is 7.98. The molecule has 2 N–H and O–H groups in total. The van der Waals surface area contributed by atoms with Crippen LogP contribution in [0.25, 0.3) is 0 Å². The molecule has 1 fully saturated rings. The third-order valence-corrected chi connectivity index (χ3v) is 6.05. The summed E-state index contributed by atoms with van der Waals surface area (Å²) in [5, 5.41) is 10.6. The Morgan fingerprint density at radius 1 is 1.37 bits per heavy atom. The molecule has 6 nitrogen and oxygen atoms in total. The van der Waals surface area contributed by atoms with Gasteiger partial charge in [0, 0.05) is 19.5 Å². The predicted octanol–water partition coefficient (Wildman–Crippen LogP) is 2.86. The van der Waals surface area contributed by atoms with Gasteiger partial charge in [-0.05, 0) is 30.3 Å². The van der Waals surface area contributed by atoms with Crippen molar-refractivity contribution in [3.05, 3.63) is 56.7 Å². The van der Waals surface area contributed by atoms with Gasteiger partial charge in [-0.2, -0.15) is 0 Å². The van der Waals surface area contributed by atoms with Crippen LogP contribution in [0.5, 0.6) is 0 Å². The van der Waals surface area contributed by atoms with Crippen molar-refractivity contribution < 1.29 is 9.63 Å². The Hall–Kier alpha value is -1.93. The Morgan fingerprint density at radius 2 is 2.19 bits per heavy atom. The third-order valence-electron chi connectivity index (χ3n) is 4.82. The van der Waals surface area contributed by atoms with Gasteiger partial charge in [0.05, 0.1) is 27.6 Å². The standard InChI is InChI=1S/C19H21ClN4O2S/c1-24-9-8-21-18(24)13-4-2-12(3-5-13)15-10-14(26-23-15)11-22-19(25)16-6-7-17(20)27-16/h2-7,14,18,21H,8-11H2,1H3,(H,22,25). The minimum atomic E-state index is -0.151. The first-order chi connectivity index (χ1) is 13.1. The van der Waals surface area contributed by atoms with Crippen LogP contribution in [0, 0.1) is 0 Å². The van der Waals surface area contributed by atoms with Crippen LogP contribution >= 0.6 is 22.9 Å². The molecule has 142 valence electrons. The molecule has 0 radical (unpaired) electrons. The lowest BCUT2D eigenvalue weighted by atomic mass is 10.0. The molecule has 1 aromatic carbocycles. The minimum Gasteiger partial charge on any atom is -0.390 e. The Kier molecular flexibility index (Phi) is 5.45. The molecule has 0 saturated carbocycles. The van der Waals surface area contributed by atoms with Crippen LogP contribution < -0.4 is 10.6 Å². The number of likely N-dealkylation sites (N-methyl/N-ethyl adjacent to an activating group) is 1. The van der Waals surface area contributed by atoms with Gasteiger partial charge in [0.15, 0.2) is 0 Å². The predicted molar refractivity (Wildman–Crippen MR) is 108 cm³/mol. The summed E-state index contributed by atoms with van der Waals surface area (Å²) >= 11 is 7.13. The number of nitrogens with zero attached hydrogens (tertiary/aromatic N) is 2. The molecule has 2 atom stereocenters. The lowest BCUT2D eigenvalue weighted by molar-refractivity contribution is 0.0755. The zero-order chi connectivity index (χ0) is 18.8. The van der Waals surface area contributed by atoms with E-state index in [0.29, 0.717) is 22.2 Å². The van der Waals surface area contributed by atoms with Crippen molar-refractivity contribution in [2.75, 3.05) is 26.7 Å². The number of hydrogen-bond donors (Lipinski definition) is 2. The van der Waals surface area contributed by atoms with Gasteiger partial charge in [0.25, 0.3) is 5.91 Å². The molecule has 2 aliphatic heterocycles. The van der Waals surface area contributed by atoms with Crippen LogP contribution in [0.2, 0.25) is 4.34 Å². The van der Waals surface area contributed by atoms with E-state index in [1.165, 1.54) is 16.9 Å². The zero-order valence-corrected chi connectivity index (χ0v) is 16.5. The molecular weight excluding hydrogens is 384 g/mol. The van der Waals surface area contributed by atoms with Gasteiger partial charge in [0.1, 0.15) is 6.10 Å². The first kappa shape index (κ1) is 18.4. The number of halogens is 1. The summed E-state index contributed by atoms with van der Waals surface area (Å²) < 4.78 is 0.602. The van der Waals surface area contributed by atoms with Gasteiger partial charge in [-0.25, -0.2) is 0 Å². The number of benzene rings is 1. The molecule has 1 aromatic heterocycles. The van der Waals surface area contributed by atoms with E-state index >= 15 is 0 Å². The quantitative estimate of drug-likeness (QED) is 0.804. The summed E-state index contributed by atoms with van der Waals surface area (Å²) in [6, 6.07) is 11.9. The topological polar surface area (TPSA) is 66.0 Å². The molecule has 2 unspecified atom stereocenters. The van der Waals surface area contributed by atoms with Crippen molar-refractivity contribution in [1.29, 1.82) is 0 Å². The van der Waals surface area contributed by atoms with Crippen LogP contribution in [0.4, 0.5) is 0 Å². The number of carbonyl (C=O) groups is 1. The lowest BCUT2D eigenvalue weighted by Crippen LogP contribution is -2.31. The molecule has 3 heterocycles. The second-order valence-corrected chi connectivity index (χ2v) is 8.46. The number of hydrogen-bond acceptors (Lipinski definition) is 6. The molecule has 1 amide bonds. The maximum absolute atomic E-state index is 12.1. The summed E-state index contributed by atoms with van der Waals surface area (Å²) in [6.45, 7) is 2.48. The van der Waals surface area contributed by atoms with E-state index in [9.17, 15) is 4.79 Å². The van der Waals surface area contributed by atoms with E-state index in [1.54, 1.807) is 12.1 Å². The molecule has 0 aliphatic carbocycles. The Bertz CT molecular complexity index is 852. The highest BCUT2D eigenvalue weighted by molar-refractivity contribution is 7.17. The number of rotatable bonds is 5. The van der Waals surface area contributed by atoms with E-state index in [-0.39, 0.29) is 18.2 Å². The molecule has 4 rings (SSSR count). The smallest absolute Gasteiger partial charge is 0.261 e.